The Balaban J connectivity index is 1.41. The Morgan fingerprint density at radius 3 is 2.86 bits per heavy atom. The van der Waals surface area contributed by atoms with Crippen molar-refractivity contribution >= 4 is 34.5 Å². The third-order valence-electron chi connectivity index (χ3n) is 3.77. The lowest BCUT2D eigenvalue weighted by Crippen LogP contribution is -2.20. The van der Waals surface area contributed by atoms with Crippen molar-refractivity contribution in [3.8, 4) is 27.9 Å². The molecule has 0 aliphatic rings. The zero-order valence-corrected chi connectivity index (χ0v) is 16.0. The summed E-state index contributed by atoms with van der Waals surface area (Å²) in [6, 6.07) is 18.0. The van der Waals surface area contributed by atoms with Gasteiger partial charge in [0.25, 0.3) is 11.8 Å². The van der Waals surface area contributed by atoms with E-state index < -0.39 is 0 Å². The van der Waals surface area contributed by atoms with Crippen LogP contribution in [-0.4, -0.2) is 22.7 Å². The van der Waals surface area contributed by atoms with Crippen molar-refractivity contribution in [1.29, 1.82) is 0 Å². The summed E-state index contributed by atoms with van der Waals surface area (Å²) in [5.41, 5.74) is 1.27. The van der Waals surface area contributed by atoms with Crippen molar-refractivity contribution in [3.05, 3.63) is 71.1 Å². The Morgan fingerprint density at radius 2 is 2.04 bits per heavy atom. The quantitative estimate of drug-likeness (QED) is 0.475. The minimum Gasteiger partial charge on any atom is -0.484 e. The van der Waals surface area contributed by atoms with Gasteiger partial charge in [-0.1, -0.05) is 47.1 Å². The number of nitrogens with zero attached hydrogens (tertiary/aromatic N) is 2. The van der Waals surface area contributed by atoms with Gasteiger partial charge in [-0.2, -0.15) is 4.98 Å². The van der Waals surface area contributed by atoms with Crippen molar-refractivity contribution in [3.63, 3.8) is 0 Å². The van der Waals surface area contributed by atoms with E-state index in [1.807, 2.05) is 23.6 Å². The normalized spacial score (nSPS) is 10.6. The fourth-order valence-corrected chi connectivity index (χ4v) is 3.29. The summed E-state index contributed by atoms with van der Waals surface area (Å²) in [6.07, 6.45) is 0. The van der Waals surface area contributed by atoms with Gasteiger partial charge in [-0.3, -0.25) is 4.79 Å². The van der Waals surface area contributed by atoms with E-state index in [1.54, 1.807) is 42.5 Å². The van der Waals surface area contributed by atoms with E-state index in [9.17, 15) is 4.79 Å². The van der Waals surface area contributed by atoms with Crippen LogP contribution in [0.15, 0.2) is 70.6 Å². The van der Waals surface area contributed by atoms with E-state index in [2.05, 4.69) is 15.5 Å². The Labute approximate surface area is 169 Å². The molecule has 0 fully saturated rings. The maximum atomic E-state index is 12.1. The number of benzene rings is 2. The first-order valence-electron chi connectivity index (χ1n) is 8.34. The first kappa shape index (κ1) is 18.2. The Hall–Kier alpha value is -3.16. The van der Waals surface area contributed by atoms with Crippen molar-refractivity contribution in [2.75, 3.05) is 11.9 Å². The van der Waals surface area contributed by atoms with Crippen molar-refractivity contribution in [1.82, 2.24) is 10.1 Å². The summed E-state index contributed by atoms with van der Waals surface area (Å²) in [5.74, 6) is 1.14. The predicted molar refractivity (Wildman–Crippen MR) is 109 cm³/mol. The zero-order valence-electron chi connectivity index (χ0n) is 14.5. The highest BCUT2D eigenvalue weighted by atomic mass is 35.5. The molecule has 0 saturated heterocycles. The molecule has 140 valence electrons. The number of hydrogen-bond acceptors (Lipinski definition) is 6. The maximum Gasteiger partial charge on any atom is 0.268 e. The molecule has 0 bridgehead atoms. The highest BCUT2D eigenvalue weighted by molar-refractivity contribution is 7.13. The number of amides is 1. The molecule has 0 unspecified atom stereocenters. The van der Waals surface area contributed by atoms with Crippen molar-refractivity contribution < 1.29 is 14.1 Å². The number of anilines is 1. The molecule has 8 heteroatoms. The molecular formula is C20H14ClN3O3S. The summed E-state index contributed by atoms with van der Waals surface area (Å²) in [5, 5.41) is 9.14. The molecule has 2 aromatic heterocycles. The number of rotatable bonds is 6. The highest BCUT2D eigenvalue weighted by Crippen LogP contribution is 2.27. The van der Waals surface area contributed by atoms with Gasteiger partial charge in [0.1, 0.15) is 5.75 Å². The molecule has 0 spiro atoms. The van der Waals surface area contributed by atoms with E-state index in [-0.39, 0.29) is 12.5 Å². The summed E-state index contributed by atoms with van der Waals surface area (Å²) in [6.45, 7) is -0.151. The molecule has 1 N–H and O–H groups in total. The van der Waals surface area contributed by atoms with Crippen LogP contribution < -0.4 is 10.1 Å². The molecule has 28 heavy (non-hydrogen) atoms. The molecule has 0 saturated carbocycles. The standard InChI is InChI=1S/C20H14ClN3O3S/c21-15-7-1-2-8-16(15)22-18(25)12-26-14-6-3-5-13(11-14)19-23-20(27-24-19)17-9-4-10-28-17/h1-11H,12H2,(H,22,25). The number of ether oxygens (including phenoxy) is 1. The maximum absolute atomic E-state index is 12.1. The van der Waals surface area contributed by atoms with E-state index >= 15 is 0 Å². The molecule has 0 atom stereocenters. The SMILES string of the molecule is O=C(COc1cccc(-c2noc(-c3cccs3)n2)c1)Nc1ccccc1Cl. The highest BCUT2D eigenvalue weighted by Gasteiger charge is 2.12. The Morgan fingerprint density at radius 1 is 1.14 bits per heavy atom. The molecule has 2 aromatic carbocycles. The van der Waals surface area contributed by atoms with Crippen LogP contribution in [0.25, 0.3) is 22.2 Å². The number of carbonyl (C=O) groups is 1. The summed E-state index contributed by atoms with van der Waals surface area (Å²) < 4.78 is 10.9. The summed E-state index contributed by atoms with van der Waals surface area (Å²) in [7, 11) is 0. The second-order valence-corrected chi connectivity index (χ2v) is 7.10. The Kier molecular flexibility index (Phi) is 5.36. The van der Waals surface area contributed by atoms with Gasteiger partial charge in [0.2, 0.25) is 5.82 Å². The number of thiophene rings is 1. The van der Waals surface area contributed by atoms with Gasteiger partial charge >= 0.3 is 0 Å². The van der Waals surface area contributed by atoms with Gasteiger partial charge in [-0.25, -0.2) is 0 Å². The van der Waals surface area contributed by atoms with Crippen LogP contribution in [0.1, 0.15) is 0 Å². The van der Waals surface area contributed by atoms with Crippen LogP contribution >= 0.6 is 22.9 Å². The third-order valence-corrected chi connectivity index (χ3v) is 4.96. The molecular weight excluding hydrogens is 398 g/mol. The second kappa shape index (κ2) is 8.24. The first-order valence-corrected chi connectivity index (χ1v) is 9.60. The molecule has 6 nitrogen and oxygen atoms in total. The van der Waals surface area contributed by atoms with Crippen LogP contribution in [0.4, 0.5) is 5.69 Å². The van der Waals surface area contributed by atoms with Gasteiger partial charge in [0, 0.05) is 5.56 Å². The monoisotopic (exact) mass is 411 g/mol. The largest absolute Gasteiger partial charge is 0.484 e. The second-order valence-electron chi connectivity index (χ2n) is 5.74. The van der Waals surface area contributed by atoms with Crippen LogP contribution in [0.5, 0.6) is 5.75 Å². The van der Waals surface area contributed by atoms with E-state index in [0.29, 0.717) is 28.2 Å². The number of para-hydroxylation sites is 1. The van der Waals surface area contributed by atoms with Crippen molar-refractivity contribution in [2.45, 2.75) is 0 Å². The molecule has 4 rings (SSSR count). The predicted octanol–water partition coefficient (Wildman–Crippen LogP) is 5.14. The molecule has 0 aliphatic heterocycles. The fraction of sp³-hybridized carbons (Fsp3) is 0.0500. The summed E-state index contributed by atoms with van der Waals surface area (Å²) in [4.78, 5) is 17.4. The number of nitrogens with one attached hydrogen (secondary N) is 1. The molecule has 4 aromatic rings. The number of halogens is 1. The lowest BCUT2D eigenvalue weighted by Gasteiger charge is -2.09. The van der Waals surface area contributed by atoms with Crippen LogP contribution in [-0.2, 0) is 4.79 Å². The molecule has 0 radical (unpaired) electrons. The first-order chi connectivity index (χ1) is 13.7. The lowest BCUT2D eigenvalue weighted by molar-refractivity contribution is -0.118. The van der Waals surface area contributed by atoms with E-state index in [1.165, 1.54) is 11.3 Å². The topological polar surface area (TPSA) is 77.2 Å². The summed E-state index contributed by atoms with van der Waals surface area (Å²) >= 11 is 7.56. The average molecular weight is 412 g/mol. The van der Waals surface area contributed by atoms with Crippen LogP contribution in [0, 0.1) is 0 Å². The number of carbonyl (C=O) groups excluding carboxylic acids is 1. The fourth-order valence-electron chi connectivity index (χ4n) is 2.46. The lowest BCUT2D eigenvalue weighted by atomic mass is 10.2. The minimum absolute atomic E-state index is 0.151. The molecule has 0 aliphatic carbocycles. The van der Waals surface area contributed by atoms with Crippen LogP contribution in [0.2, 0.25) is 5.02 Å². The van der Waals surface area contributed by atoms with Gasteiger partial charge in [0.15, 0.2) is 6.61 Å². The number of aromatic nitrogens is 2. The zero-order chi connectivity index (χ0) is 19.3. The molecule has 2 heterocycles. The van der Waals surface area contributed by atoms with Gasteiger partial charge < -0.3 is 14.6 Å². The third kappa shape index (κ3) is 4.21. The van der Waals surface area contributed by atoms with E-state index in [4.69, 9.17) is 20.9 Å². The van der Waals surface area contributed by atoms with Gasteiger partial charge in [-0.15, -0.1) is 11.3 Å². The number of hydrogen-bond donors (Lipinski definition) is 1. The van der Waals surface area contributed by atoms with Crippen molar-refractivity contribution in [2.24, 2.45) is 0 Å². The average Bonchev–Trinajstić information content (AvgIpc) is 3.40. The Bertz CT molecular complexity index is 1100. The smallest absolute Gasteiger partial charge is 0.268 e. The van der Waals surface area contributed by atoms with Gasteiger partial charge in [0.05, 0.1) is 15.6 Å². The minimum atomic E-state index is -0.307. The van der Waals surface area contributed by atoms with E-state index in [0.717, 1.165) is 10.4 Å². The van der Waals surface area contributed by atoms with Crippen LogP contribution in [0.3, 0.4) is 0 Å². The molecule has 1 amide bonds. The van der Waals surface area contributed by atoms with Gasteiger partial charge in [-0.05, 0) is 35.7 Å².